The average Bonchev–Trinajstić information content (AvgIpc) is 2.41. The first-order valence-corrected chi connectivity index (χ1v) is 5.97. The second-order valence-electron chi connectivity index (χ2n) is 4.03. The highest BCUT2D eigenvalue weighted by atomic mass is 35.5. The van der Waals surface area contributed by atoms with E-state index in [-0.39, 0.29) is 11.6 Å². The molecule has 0 aliphatic heterocycles. The lowest BCUT2D eigenvalue weighted by Gasteiger charge is -2.07. The lowest BCUT2D eigenvalue weighted by molar-refractivity contribution is -0.387. The Morgan fingerprint density at radius 2 is 1.85 bits per heavy atom. The lowest BCUT2D eigenvalue weighted by atomic mass is 10.2. The van der Waals surface area contributed by atoms with Crippen molar-refractivity contribution in [2.75, 3.05) is 5.32 Å². The van der Waals surface area contributed by atoms with Crippen LogP contribution in [-0.4, -0.2) is 4.92 Å². The van der Waals surface area contributed by atoms with E-state index < -0.39 is 22.2 Å². The van der Waals surface area contributed by atoms with Gasteiger partial charge in [-0.15, -0.1) is 0 Å². The van der Waals surface area contributed by atoms with Gasteiger partial charge >= 0.3 is 5.69 Å². The molecule has 4 nitrogen and oxygen atoms in total. The molecule has 0 atom stereocenters. The van der Waals surface area contributed by atoms with Crippen LogP contribution in [0.5, 0.6) is 0 Å². The summed E-state index contributed by atoms with van der Waals surface area (Å²) in [6, 6.07) is 7.70. The first-order chi connectivity index (χ1) is 9.47. The van der Waals surface area contributed by atoms with E-state index in [0.717, 1.165) is 12.1 Å². The van der Waals surface area contributed by atoms with E-state index in [9.17, 15) is 18.9 Å². The van der Waals surface area contributed by atoms with Crippen LogP contribution in [0.4, 0.5) is 20.2 Å². The molecule has 2 aromatic carbocycles. The van der Waals surface area contributed by atoms with Crippen molar-refractivity contribution in [3.63, 3.8) is 0 Å². The Bertz CT molecular complexity index is 665. The summed E-state index contributed by atoms with van der Waals surface area (Å²) >= 11 is 5.64. The first-order valence-electron chi connectivity index (χ1n) is 5.59. The van der Waals surface area contributed by atoms with Crippen molar-refractivity contribution in [3.05, 3.63) is 68.7 Å². The molecule has 0 saturated heterocycles. The van der Waals surface area contributed by atoms with Gasteiger partial charge in [0.1, 0.15) is 5.82 Å². The Hall–Kier alpha value is -2.21. The molecule has 0 fully saturated rings. The largest absolute Gasteiger partial charge is 0.381 e. The van der Waals surface area contributed by atoms with Crippen LogP contribution in [0.15, 0.2) is 36.4 Å². The van der Waals surface area contributed by atoms with Crippen LogP contribution in [0.1, 0.15) is 5.56 Å². The van der Waals surface area contributed by atoms with Gasteiger partial charge in [0.05, 0.1) is 9.95 Å². The van der Waals surface area contributed by atoms with E-state index in [0.29, 0.717) is 11.3 Å². The minimum atomic E-state index is -0.898. The van der Waals surface area contributed by atoms with Gasteiger partial charge in [-0.3, -0.25) is 10.1 Å². The fraction of sp³-hybridized carbons (Fsp3) is 0.0769. The van der Waals surface area contributed by atoms with Gasteiger partial charge in [0.25, 0.3) is 0 Å². The monoisotopic (exact) mass is 298 g/mol. The van der Waals surface area contributed by atoms with Gasteiger partial charge in [-0.25, -0.2) is 4.39 Å². The number of anilines is 1. The van der Waals surface area contributed by atoms with E-state index in [2.05, 4.69) is 5.32 Å². The van der Waals surface area contributed by atoms with E-state index in [4.69, 9.17) is 11.6 Å². The number of hydrogen-bond acceptors (Lipinski definition) is 3. The van der Waals surface area contributed by atoms with Crippen molar-refractivity contribution in [3.8, 4) is 0 Å². The van der Waals surface area contributed by atoms with Crippen LogP contribution in [0, 0.1) is 21.7 Å². The first kappa shape index (κ1) is 14.2. The number of nitro groups is 1. The molecule has 0 spiro atoms. The predicted octanol–water partition coefficient (Wildman–Crippen LogP) is 4.14. The molecule has 7 heteroatoms. The molecule has 0 amide bonds. The summed E-state index contributed by atoms with van der Waals surface area (Å²) in [4.78, 5) is 9.81. The summed E-state index contributed by atoms with van der Waals surface area (Å²) in [7, 11) is 0. The lowest BCUT2D eigenvalue weighted by Crippen LogP contribution is -2.01. The summed E-state index contributed by atoms with van der Waals surface area (Å²) in [5.41, 5.74) is 0.481. The Morgan fingerprint density at radius 1 is 1.15 bits per heavy atom. The number of nitro benzene ring substituents is 1. The highest BCUT2D eigenvalue weighted by Crippen LogP contribution is 2.22. The predicted molar refractivity (Wildman–Crippen MR) is 71.8 cm³/mol. The van der Waals surface area contributed by atoms with Crippen LogP contribution >= 0.6 is 11.6 Å². The zero-order valence-electron chi connectivity index (χ0n) is 10.1. The molecule has 20 heavy (non-hydrogen) atoms. The molecule has 1 N–H and O–H groups in total. The maximum Gasteiger partial charge on any atom is 0.306 e. The molecule has 0 radical (unpaired) electrons. The minimum absolute atomic E-state index is 0.00520. The van der Waals surface area contributed by atoms with Crippen LogP contribution in [-0.2, 0) is 6.54 Å². The molecule has 0 saturated carbocycles. The number of hydrogen-bond donors (Lipinski definition) is 1. The third-order valence-corrected chi connectivity index (χ3v) is 2.91. The van der Waals surface area contributed by atoms with Crippen LogP contribution < -0.4 is 5.32 Å². The molecule has 0 unspecified atom stereocenters. The van der Waals surface area contributed by atoms with Gasteiger partial charge in [0.15, 0.2) is 0 Å². The Balaban J connectivity index is 2.12. The fourth-order valence-electron chi connectivity index (χ4n) is 1.62. The number of benzene rings is 2. The van der Waals surface area contributed by atoms with E-state index in [1.807, 2.05) is 0 Å². The van der Waals surface area contributed by atoms with Crippen LogP contribution in [0.3, 0.4) is 0 Å². The van der Waals surface area contributed by atoms with Crippen molar-refractivity contribution in [1.82, 2.24) is 0 Å². The van der Waals surface area contributed by atoms with Gasteiger partial charge in [0.2, 0.25) is 5.82 Å². The van der Waals surface area contributed by atoms with Gasteiger partial charge in [-0.1, -0.05) is 17.7 Å². The average molecular weight is 299 g/mol. The SMILES string of the molecule is O=[N+]([O-])c1cc(NCc2ccc(F)c(Cl)c2)ccc1F. The third kappa shape index (κ3) is 3.21. The van der Waals surface area contributed by atoms with E-state index in [1.165, 1.54) is 24.3 Å². The summed E-state index contributed by atoms with van der Waals surface area (Å²) in [6.45, 7) is 0.281. The molecular formula is C13H9ClF2N2O2. The summed E-state index contributed by atoms with van der Waals surface area (Å²) < 4.78 is 26.1. The van der Waals surface area contributed by atoms with Crippen molar-refractivity contribution >= 4 is 23.0 Å². The minimum Gasteiger partial charge on any atom is -0.381 e. The number of rotatable bonds is 4. The zero-order chi connectivity index (χ0) is 14.7. The van der Waals surface area contributed by atoms with Crippen molar-refractivity contribution in [2.45, 2.75) is 6.54 Å². The van der Waals surface area contributed by atoms with Crippen LogP contribution in [0.25, 0.3) is 0 Å². The number of halogens is 3. The molecular weight excluding hydrogens is 290 g/mol. The molecule has 0 aliphatic carbocycles. The molecule has 0 aliphatic rings. The summed E-state index contributed by atoms with van der Waals surface area (Å²) in [5, 5.41) is 13.5. The Kier molecular flexibility index (Phi) is 4.14. The van der Waals surface area contributed by atoms with Gasteiger partial charge in [-0.2, -0.15) is 4.39 Å². The van der Waals surface area contributed by atoms with Gasteiger partial charge < -0.3 is 5.32 Å². The van der Waals surface area contributed by atoms with Gasteiger partial charge in [-0.05, 0) is 29.8 Å². The quantitative estimate of drug-likeness (QED) is 0.682. The smallest absolute Gasteiger partial charge is 0.306 e. The molecule has 2 rings (SSSR count). The highest BCUT2D eigenvalue weighted by Gasteiger charge is 2.14. The molecule has 2 aromatic rings. The fourth-order valence-corrected chi connectivity index (χ4v) is 1.82. The summed E-state index contributed by atoms with van der Waals surface area (Å²) in [6.07, 6.45) is 0. The topological polar surface area (TPSA) is 55.2 Å². The normalized spacial score (nSPS) is 10.3. The number of nitrogens with one attached hydrogen (secondary N) is 1. The maximum atomic E-state index is 13.2. The second kappa shape index (κ2) is 5.83. The molecule has 0 bridgehead atoms. The molecule has 0 aromatic heterocycles. The third-order valence-electron chi connectivity index (χ3n) is 2.62. The van der Waals surface area contributed by atoms with Crippen molar-refractivity contribution < 1.29 is 13.7 Å². The van der Waals surface area contributed by atoms with Crippen LogP contribution in [0.2, 0.25) is 5.02 Å². The molecule has 0 heterocycles. The van der Waals surface area contributed by atoms with E-state index in [1.54, 1.807) is 0 Å². The van der Waals surface area contributed by atoms with Crippen molar-refractivity contribution in [1.29, 1.82) is 0 Å². The Morgan fingerprint density at radius 3 is 2.50 bits per heavy atom. The van der Waals surface area contributed by atoms with Gasteiger partial charge in [0, 0.05) is 18.3 Å². The highest BCUT2D eigenvalue weighted by molar-refractivity contribution is 6.30. The maximum absolute atomic E-state index is 13.2. The number of nitrogens with zero attached hydrogens (tertiary/aromatic N) is 1. The molecule has 104 valence electrons. The standard InChI is InChI=1S/C13H9ClF2N2O2/c14-10-5-8(1-3-11(10)15)7-17-9-2-4-12(16)13(6-9)18(19)20/h1-6,17H,7H2. The van der Waals surface area contributed by atoms with E-state index >= 15 is 0 Å². The summed E-state index contributed by atoms with van der Waals surface area (Å²) in [5.74, 6) is -1.42. The zero-order valence-corrected chi connectivity index (χ0v) is 10.8. The van der Waals surface area contributed by atoms with Crippen molar-refractivity contribution in [2.24, 2.45) is 0 Å². The second-order valence-corrected chi connectivity index (χ2v) is 4.43. The Labute approximate surface area is 118 Å².